The lowest BCUT2D eigenvalue weighted by atomic mass is 10.0. The van der Waals surface area contributed by atoms with Crippen molar-refractivity contribution in [3.05, 3.63) is 46.2 Å². The highest BCUT2D eigenvalue weighted by Gasteiger charge is 2.30. The Balaban J connectivity index is 1.51. The van der Waals surface area contributed by atoms with E-state index in [2.05, 4.69) is 28.8 Å². The Morgan fingerprint density at radius 3 is 3.04 bits per heavy atom. The Morgan fingerprint density at radius 1 is 1.52 bits per heavy atom. The van der Waals surface area contributed by atoms with E-state index in [0.29, 0.717) is 5.92 Å². The molecule has 134 valence electrons. The molecule has 0 N–H and O–H groups in total. The second kappa shape index (κ2) is 8.06. The highest BCUT2D eigenvalue weighted by molar-refractivity contribution is 7.09. The van der Waals surface area contributed by atoms with Crippen molar-refractivity contribution >= 4 is 17.2 Å². The van der Waals surface area contributed by atoms with Crippen LogP contribution in [0.1, 0.15) is 35.4 Å². The maximum absolute atomic E-state index is 12.8. The van der Waals surface area contributed by atoms with Crippen LogP contribution in [0, 0.1) is 12.8 Å². The number of carbonyl (C=O) groups excluding carboxylic acids is 1. The summed E-state index contributed by atoms with van der Waals surface area (Å²) in [6.45, 7) is 7.72. The molecule has 1 saturated heterocycles. The third-order valence-corrected chi connectivity index (χ3v) is 5.90. The highest BCUT2D eigenvalue weighted by Crippen LogP contribution is 2.24. The Kier molecular flexibility index (Phi) is 5.81. The summed E-state index contributed by atoms with van der Waals surface area (Å²) in [7, 11) is 2.15. The Bertz CT molecular complexity index is 702. The highest BCUT2D eigenvalue weighted by atomic mass is 32.1. The Hall–Kier alpha value is -1.79. The summed E-state index contributed by atoms with van der Waals surface area (Å²) >= 11 is 1.72. The molecule has 1 aliphatic rings. The van der Waals surface area contributed by atoms with Crippen LogP contribution in [-0.4, -0.2) is 52.4 Å². The average Bonchev–Trinajstić information content (AvgIpc) is 3.24. The molecule has 5 nitrogen and oxygen atoms in total. The van der Waals surface area contributed by atoms with Crippen LogP contribution in [0.4, 0.5) is 0 Å². The number of carbonyl (C=O) groups is 1. The molecule has 1 fully saturated rings. The average molecular weight is 359 g/mol. The van der Waals surface area contributed by atoms with Crippen molar-refractivity contribution in [3.63, 3.8) is 0 Å². The fourth-order valence-corrected chi connectivity index (χ4v) is 4.32. The number of rotatable bonds is 6. The number of pyridine rings is 1. The van der Waals surface area contributed by atoms with E-state index in [9.17, 15) is 4.79 Å². The summed E-state index contributed by atoms with van der Waals surface area (Å²) in [6, 6.07) is 3.87. The van der Waals surface area contributed by atoms with Gasteiger partial charge in [0.05, 0.1) is 17.1 Å². The predicted octanol–water partition coefficient (Wildman–Crippen LogP) is 2.93. The van der Waals surface area contributed by atoms with Crippen LogP contribution in [0.5, 0.6) is 0 Å². The quantitative estimate of drug-likeness (QED) is 0.797. The van der Waals surface area contributed by atoms with Gasteiger partial charge in [-0.05, 0) is 44.9 Å². The molecule has 0 radical (unpaired) electrons. The summed E-state index contributed by atoms with van der Waals surface area (Å²) in [4.78, 5) is 26.9. The minimum absolute atomic E-state index is 0.120. The first-order valence-electron chi connectivity index (χ1n) is 8.80. The lowest BCUT2D eigenvalue weighted by Gasteiger charge is -2.23. The zero-order valence-corrected chi connectivity index (χ0v) is 16.0. The van der Waals surface area contributed by atoms with Gasteiger partial charge in [0.2, 0.25) is 5.91 Å². The molecule has 3 heterocycles. The molecule has 25 heavy (non-hydrogen) atoms. The monoisotopic (exact) mass is 358 g/mol. The number of nitrogens with zero attached hydrogens (tertiary/aromatic N) is 4. The van der Waals surface area contributed by atoms with Crippen LogP contribution in [0.2, 0.25) is 0 Å². The molecular formula is C19H26N4OS. The molecule has 0 unspecified atom stereocenters. The summed E-state index contributed by atoms with van der Waals surface area (Å²) in [5.74, 6) is 0.643. The number of hydrogen-bond acceptors (Lipinski definition) is 5. The van der Waals surface area contributed by atoms with Crippen molar-refractivity contribution in [2.75, 3.05) is 26.7 Å². The molecule has 1 amide bonds. The third kappa shape index (κ3) is 4.44. The molecular weight excluding hydrogens is 332 g/mol. The van der Waals surface area contributed by atoms with Gasteiger partial charge in [-0.1, -0.05) is 6.07 Å². The maximum Gasteiger partial charge on any atom is 0.229 e. The minimum atomic E-state index is -0.120. The fourth-order valence-electron chi connectivity index (χ4n) is 3.46. The van der Waals surface area contributed by atoms with Crippen molar-refractivity contribution < 1.29 is 4.79 Å². The predicted molar refractivity (Wildman–Crippen MR) is 101 cm³/mol. The van der Waals surface area contributed by atoms with Crippen LogP contribution < -0.4 is 0 Å². The van der Waals surface area contributed by atoms with Crippen LogP contribution in [0.25, 0.3) is 0 Å². The van der Waals surface area contributed by atoms with Crippen LogP contribution in [0.15, 0.2) is 30.0 Å². The van der Waals surface area contributed by atoms with E-state index in [1.165, 1.54) is 4.88 Å². The number of amides is 1. The van der Waals surface area contributed by atoms with Crippen LogP contribution >= 0.6 is 11.3 Å². The van der Waals surface area contributed by atoms with Crippen molar-refractivity contribution in [2.45, 2.75) is 32.7 Å². The molecule has 1 aliphatic heterocycles. The van der Waals surface area contributed by atoms with Gasteiger partial charge in [0, 0.05) is 43.4 Å². The standard InChI is InChI=1S/C19H26N4OS/c1-14(17-5-4-7-20-9-17)19(24)23-8-6-16(11-23)10-22(3)12-18-15(2)21-13-25-18/h4-5,7,9,13-14,16H,6,8,10-12H2,1-3H3/t14-,16-/m0/s1. The molecule has 0 aliphatic carbocycles. The summed E-state index contributed by atoms with van der Waals surface area (Å²) in [5, 5.41) is 0. The molecule has 2 atom stereocenters. The summed E-state index contributed by atoms with van der Waals surface area (Å²) < 4.78 is 0. The molecule has 2 aromatic rings. The van der Waals surface area contributed by atoms with E-state index < -0.39 is 0 Å². The third-order valence-electron chi connectivity index (χ3n) is 4.98. The minimum Gasteiger partial charge on any atom is -0.342 e. The van der Waals surface area contributed by atoms with Crippen molar-refractivity contribution in [1.82, 2.24) is 19.8 Å². The first kappa shape index (κ1) is 18.0. The molecule has 0 bridgehead atoms. The zero-order valence-electron chi connectivity index (χ0n) is 15.2. The van der Waals surface area contributed by atoms with Crippen molar-refractivity contribution in [1.29, 1.82) is 0 Å². The number of likely N-dealkylation sites (tertiary alicyclic amines) is 1. The smallest absolute Gasteiger partial charge is 0.229 e. The van der Waals surface area contributed by atoms with Gasteiger partial charge >= 0.3 is 0 Å². The lowest BCUT2D eigenvalue weighted by Crippen LogP contribution is -2.34. The Labute approximate surface area is 153 Å². The second-order valence-electron chi connectivity index (χ2n) is 7.00. The number of hydrogen-bond donors (Lipinski definition) is 0. The van der Waals surface area contributed by atoms with Crippen molar-refractivity contribution in [3.8, 4) is 0 Å². The first-order chi connectivity index (χ1) is 12.0. The lowest BCUT2D eigenvalue weighted by molar-refractivity contribution is -0.131. The molecule has 3 rings (SSSR count). The Morgan fingerprint density at radius 2 is 2.36 bits per heavy atom. The zero-order chi connectivity index (χ0) is 17.8. The van der Waals surface area contributed by atoms with Gasteiger partial charge in [0.1, 0.15) is 0 Å². The maximum atomic E-state index is 12.8. The molecule has 6 heteroatoms. The molecule has 0 saturated carbocycles. The van der Waals surface area contributed by atoms with Gasteiger partial charge in [-0.2, -0.15) is 0 Å². The summed E-state index contributed by atoms with van der Waals surface area (Å²) in [6.07, 6.45) is 4.62. The van der Waals surface area contributed by atoms with Gasteiger partial charge in [0.25, 0.3) is 0 Å². The van der Waals surface area contributed by atoms with E-state index in [0.717, 1.165) is 43.9 Å². The van der Waals surface area contributed by atoms with Crippen molar-refractivity contribution in [2.24, 2.45) is 5.92 Å². The molecule has 0 aromatic carbocycles. The largest absolute Gasteiger partial charge is 0.342 e. The van der Waals surface area contributed by atoms with Gasteiger partial charge < -0.3 is 9.80 Å². The normalized spacial score (nSPS) is 18.7. The van der Waals surface area contributed by atoms with E-state index in [1.54, 1.807) is 23.7 Å². The van der Waals surface area contributed by atoms with Gasteiger partial charge in [-0.3, -0.25) is 9.78 Å². The SMILES string of the molecule is Cc1ncsc1CN(C)C[C@@H]1CCN(C(=O)[C@@H](C)c2cccnc2)C1. The number of thiazole rings is 1. The fraction of sp³-hybridized carbons (Fsp3) is 0.526. The summed E-state index contributed by atoms with van der Waals surface area (Å²) in [5.41, 5.74) is 4.04. The van der Waals surface area contributed by atoms with E-state index >= 15 is 0 Å². The molecule has 0 spiro atoms. The van der Waals surface area contributed by atoms with E-state index in [1.807, 2.05) is 29.5 Å². The van der Waals surface area contributed by atoms with Gasteiger partial charge in [-0.15, -0.1) is 11.3 Å². The van der Waals surface area contributed by atoms with Crippen LogP contribution in [0.3, 0.4) is 0 Å². The van der Waals surface area contributed by atoms with Gasteiger partial charge in [0.15, 0.2) is 0 Å². The first-order valence-corrected chi connectivity index (χ1v) is 9.68. The second-order valence-corrected chi connectivity index (χ2v) is 7.94. The van der Waals surface area contributed by atoms with Crippen LogP contribution in [-0.2, 0) is 11.3 Å². The number of aromatic nitrogens is 2. The van der Waals surface area contributed by atoms with E-state index in [-0.39, 0.29) is 11.8 Å². The van der Waals surface area contributed by atoms with E-state index in [4.69, 9.17) is 0 Å². The van der Waals surface area contributed by atoms with Gasteiger partial charge in [-0.25, -0.2) is 4.98 Å². The topological polar surface area (TPSA) is 49.3 Å². The number of aryl methyl sites for hydroxylation is 1. The molecule has 2 aromatic heterocycles.